The molecule has 23 heavy (non-hydrogen) atoms. The van der Waals surface area contributed by atoms with E-state index in [4.69, 9.17) is 9.84 Å². The highest BCUT2D eigenvalue weighted by molar-refractivity contribution is 7.17. The Morgan fingerprint density at radius 3 is 2.57 bits per heavy atom. The Morgan fingerprint density at radius 1 is 1.26 bits per heavy atom. The summed E-state index contributed by atoms with van der Waals surface area (Å²) in [5, 5.41) is 12.2. The predicted octanol–water partition coefficient (Wildman–Crippen LogP) is 2.85. The summed E-state index contributed by atoms with van der Waals surface area (Å²) >= 11 is 1.41. The molecule has 1 heterocycles. The van der Waals surface area contributed by atoms with Gasteiger partial charge in [0.05, 0.1) is 19.1 Å². The first kappa shape index (κ1) is 17.5. The van der Waals surface area contributed by atoms with Gasteiger partial charge in [-0.1, -0.05) is 13.8 Å². The first-order valence-electron chi connectivity index (χ1n) is 7.48. The maximum Gasteiger partial charge on any atom is 0.341 e. The topological polar surface area (TPSA) is 92.7 Å². The van der Waals surface area contributed by atoms with E-state index < -0.39 is 17.4 Å². The molecule has 1 aromatic rings. The quantitative estimate of drug-likeness (QED) is 0.778. The zero-order valence-corrected chi connectivity index (χ0v) is 14.3. The third kappa shape index (κ3) is 4.10. The second-order valence-corrected chi connectivity index (χ2v) is 7.62. The van der Waals surface area contributed by atoms with Gasteiger partial charge >= 0.3 is 11.9 Å². The van der Waals surface area contributed by atoms with Crippen molar-refractivity contribution in [3.63, 3.8) is 0 Å². The number of carbonyl (C=O) groups excluding carboxylic acids is 2. The van der Waals surface area contributed by atoms with Gasteiger partial charge in [0.2, 0.25) is 5.91 Å². The second-order valence-electron chi connectivity index (χ2n) is 6.51. The molecule has 0 aromatic carbocycles. The highest BCUT2D eigenvalue weighted by Crippen LogP contribution is 2.39. The monoisotopic (exact) mass is 339 g/mol. The predicted molar refractivity (Wildman–Crippen MR) is 87.0 cm³/mol. The van der Waals surface area contributed by atoms with Crippen LogP contribution in [0.15, 0.2) is 0 Å². The van der Waals surface area contributed by atoms with Crippen molar-refractivity contribution in [3.05, 3.63) is 16.0 Å². The Morgan fingerprint density at radius 2 is 1.96 bits per heavy atom. The van der Waals surface area contributed by atoms with Gasteiger partial charge in [-0.15, -0.1) is 11.3 Å². The summed E-state index contributed by atoms with van der Waals surface area (Å²) in [5.41, 5.74) is 0.776. The van der Waals surface area contributed by atoms with Gasteiger partial charge in [0.15, 0.2) is 0 Å². The number of carboxylic acid groups (broad SMARTS) is 1. The van der Waals surface area contributed by atoms with Gasteiger partial charge in [-0.05, 0) is 30.2 Å². The van der Waals surface area contributed by atoms with Gasteiger partial charge in [-0.2, -0.15) is 0 Å². The minimum Gasteiger partial charge on any atom is -0.481 e. The lowest BCUT2D eigenvalue weighted by Gasteiger charge is -2.21. The molecule has 2 N–H and O–H groups in total. The third-order valence-electron chi connectivity index (χ3n) is 3.83. The van der Waals surface area contributed by atoms with Crippen LogP contribution in [0.4, 0.5) is 5.00 Å². The van der Waals surface area contributed by atoms with Gasteiger partial charge in [0.1, 0.15) is 5.00 Å². The summed E-state index contributed by atoms with van der Waals surface area (Å²) in [7, 11) is 1.32. The Labute approximate surface area is 138 Å². The van der Waals surface area contributed by atoms with E-state index in [0.29, 0.717) is 10.6 Å². The van der Waals surface area contributed by atoms with Crippen LogP contribution in [-0.4, -0.2) is 30.1 Å². The van der Waals surface area contributed by atoms with Gasteiger partial charge in [0.25, 0.3) is 0 Å². The summed E-state index contributed by atoms with van der Waals surface area (Å²) in [6.45, 7) is 3.46. The molecule has 6 nitrogen and oxygen atoms in total. The molecular weight excluding hydrogens is 318 g/mol. The molecule has 1 aliphatic carbocycles. The molecule has 1 aromatic heterocycles. The van der Waals surface area contributed by atoms with E-state index in [-0.39, 0.29) is 18.7 Å². The van der Waals surface area contributed by atoms with E-state index in [2.05, 4.69) is 5.32 Å². The molecule has 126 valence electrons. The molecule has 1 aliphatic rings. The summed E-state index contributed by atoms with van der Waals surface area (Å²) in [5.74, 6) is -1.67. The molecule has 0 radical (unpaired) electrons. The zero-order chi connectivity index (χ0) is 17.2. The molecule has 0 unspecified atom stereocenters. The molecule has 7 heteroatoms. The molecule has 0 spiro atoms. The normalized spacial score (nSPS) is 13.5. The van der Waals surface area contributed by atoms with E-state index in [0.717, 1.165) is 29.7 Å². The average Bonchev–Trinajstić information content (AvgIpc) is 2.95. The fourth-order valence-electron chi connectivity index (χ4n) is 2.89. The smallest absolute Gasteiger partial charge is 0.341 e. The zero-order valence-electron chi connectivity index (χ0n) is 13.5. The van der Waals surface area contributed by atoms with Crippen LogP contribution in [0.5, 0.6) is 0 Å². The number of esters is 1. The first-order chi connectivity index (χ1) is 10.7. The molecule has 0 bridgehead atoms. The molecular formula is C16H21NO5S. The van der Waals surface area contributed by atoms with E-state index in [9.17, 15) is 14.4 Å². The number of amides is 1. The number of methoxy groups -OCH3 is 1. The number of carbonyl (C=O) groups is 3. The van der Waals surface area contributed by atoms with Crippen LogP contribution in [0.1, 0.15) is 53.9 Å². The van der Waals surface area contributed by atoms with Crippen molar-refractivity contribution in [2.24, 2.45) is 5.41 Å². The molecule has 0 atom stereocenters. The maximum atomic E-state index is 12.3. The molecule has 2 rings (SSSR count). The number of nitrogens with one attached hydrogen (secondary N) is 1. The number of ether oxygens (including phenoxy) is 1. The standard InChI is InChI=1S/C16H21NO5S/c1-16(2,8-12(19)20)7-11(18)17-14-13(15(21)22-3)9-5-4-6-10(9)23-14/h4-8H2,1-3H3,(H,17,18)(H,19,20). The summed E-state index contributed by atoms with van der Waals surface area (Å²) < 4.78 is 4.83. The summed E-state index contributed by atoms with van der Waals surface area (Å²) in [6.07, 6.45) is 2.71. The average molecular weight is 339 g/mol. The Kier molecular flexibility index (Phi) is 5.09. The van der Waals surface area contributed by atoms with Crippen molar-refractivity contribution in [2.75, 3.05) is 12.4 Å². The number of aliphatic carboxylic acids is 1. The van der Waals surface area contributed by atoms with Crippen LogP contribution in [0, 0.1) is 5.41 Å². The fourth-order valence-corrected chi connectivity index (χ4v) is 4.18. The molecule has 0 fully saturated rings. The van der Waals surface area contributed by atoms with Crippen LogP contribution >= 0.6 is 11.3 Å². The lowest BCUT2D eigenvalue weighted by Crippen LogP contribution is -2.25. The van der Waals surface area contributed by atoms with E-state index in [1.165, 1.54) is 18.4 Å². The number of anilines is 1. The van der Waals surface area contributed by atoms with Crippen LogP contribution in [0.2, 0.25) is 0 Å². The number of rotatable bonds is 6. The van der Waals surface area contributed by atoms with Crippen LogP contribution in [0.25, 0.3) is 0 Å². The largest absolute Gasteiger partial charge is 0.481 e. The van der Waals surface area contributed by atoms with Crippen LogP contribution < -0.4 is 5.32 Å². The molecule has 0 saturated heterocycles. The number of aryl methyl sites for hydroxylation is 1. The van der Waals surface area contributed by atoms with E-state index in [1.54, 1.807) is 13.8 Å². The van der Waals surface area contributed by atoms with Gasteiger partial charge < -0.3 is 15.2 Å². The van der Waals surface area contributed by atoms with Crippen LogP contribution in [0.3, 0.4) is 0 Å². The Bertz CT molecular complexity index is 647. The minimum absolute atomic E-state index is 0.0719. The van der Waals surface area contributed by atoms with Crippen molar-refractivity contribution in [1.29, 1.82) is 0 Å². The SMILES string of the molecule is COC(=O)c1c(NC(=O)CC(C)(C)CC(=O)O)sc2c1CCC2. The number of hydrogen-bond donors (Lipinski definition) is 2. The number of fused-ring (bicyclic) bond motifs is 1. The van der Waals surface area contributed by atoms with Crippen molar-refractivity contribution in [1.82, 2.24) is 0 Å². The second kappa shape index (κ2) is 6.70. The Hall–Kier alpha value is -1.89. The summed E-state index contributed by atoms with van der Waals surface area (Å²) in [6, 6.07) is 0. The maximum absolute atomic E-state index is 12.3. The number of carboxylic acids is 1. The van der Waals surface area contributed by atoms with Gasteiger partial charge in [0, 0.05) is 11.3 Å². The Balaban J connectivity index is 2.15. The van der Waals surface area contributed by atoms with Crippen molar-refractivity contribution in [2.45, 2.75) is 46.0 Å². The van der Waals surface area contributed by atoms with Crippen molar-refractivity contribution >= 4 is 34.2 Å². The molecule has 1 amide bonds. The number of hydrogen-bond acceptors (Lipinski definition) is 5. The third-order valence-corrected chi connectivity index (χ3v) is 5.04. The van der Waals surface area contributed by atoms with Crippen molar-refractivity contribution < 1.29 is 24.2 Å². The highest BCUT2D eigenvalue weighted by Gasteiger charge is 2.30. The lowest BCUT2D eigenvalue weighted by molar-refractivity contribution is -0.139. The van der Waals surface area contributed by atoms with Crippen molar-refractivity contribution in [3.8, 4) is 0 Å². The lowest BCUT2D eigenvalue weighted by atomic mass is 9.85. The van der Waals surface area contributed by atoms with Gasteiger partial charge in [-0.3, -0.25) is 9.59 Å². The first-order valence-corrected chi connectivity index (χ1v) is 8.29. The molecule has 0 saturated carbocycles. The van der Waals surface area contributed by atoms with Gasteiger partial charge in [-0.25, -0.2) is 4.79 Å². The highest BCUT2D eigenvalue weighted by atomic mass is 32.1. The van der Waals surface area contributed by atoms with E-state index >= 15 is 0 Å². The van der Waals surface area contributed by atoms with Crippen LogP contribution in [-0.2, 0) is 27.2 Å². The fraction of sp³-hybridized carbons (Fsp3) is 0.562. The minimum atomic E-state index is -0.937. The molecule has 0 aliphatic heterocycles. The summed E-state index contributed by atoms with van der Waals surface area (Å²) in [4.78, 5) is 36.2. The number of thiophene rings is 1. The van der Waals surface area contributed by atoms with E-state index in [1.807, 2.05) is 0 Å².